The second-order valence-corrected chi connectivity index (χ2v) is 7.31. The second kappa shape index (κ2) is 5.84. The maximum Gasteiger partial charge on any atom is 0.336 e. The minimum Gasteiger partial charge on any atom is -0.478 e. The average molecular weight is 335 g/mol. The molecule has 18 heavy (non-hydrogen) atoms. The van der Waals surface area contributed by atoms with E-state index in [0.29, 0.717) is 10.9 Å². The van der Waals surface area contributed by atoms with E-state index in [4.69, 9.17) is 5.11 Å². The quantitative estimate of drug-likeness (QED) is 0.897. The molecule has 100 valence electrons. The molecule has 1 aromatic rings. The summed E-state index contributed by atoms with van der Waals surface area (Å²) in [6.07, 6.45) is 1.32. The van der Waals surface area contributed by atoms with E-state index >= 15 is 0 Å². The van der Waals surface area contributed by atoms with Gasteiger partial charge in [0.1, 0.15) is 0 Å². The summed E-state index contributed by atoms with van der Waals surface area (Å²) < 4.78 is 24.8. The maximum absolute atomic E-state index is 12.2. The van der Waals surface area contributed by atoms with Crippen LogP contribution in [-0.4, -0.2) is 24.7 Å². The molecule has 0 aromatic heterocycles. The van der Waals surface area contributed by atoms with Gasteiger partial charge >= 0.3 is 5.97 Å². The van der Waals surface area contributed by atoms with Crippen molar-refractivity contribution in [2.24, 2.45) is 0 Å². The molecule has 1 atom stereocenters. The van der Waals surface area contributed by atoms with E-state index in [2.05, 4.69) is 15.9 Å². The predicted octanol–water partition coefficient (Wildman–Crippen LogP) is 3.11. The number of benzene rings is 1. The van der Waals surface area contributed by atoms with Gasteiger partial charge in [0.15, 0.2) is 9.84 Å². The third-order valence-corrected chi connectivity index (χ3v) is 5.62. The molecule has 1 unspecified atom stereocenters. The second-order valence-electron chi connectivity index (χ2n) is 4.09. The Hall–Kier alpha value is -0.880. The van der Waals surface area contributed by atoms with Crippen LogP contribution in [0.3, 0.4) is 0 Å². The van der Waals surface area contributed by atoms with Crippen molar-refractivity contribution < 1.29 is 18.3 Å². The Morgan fingerprint density at radius 2 is 2.06 bits per heavy atom. The lowest BCUT2D eigenvalue weighted by Gasteiger charge is -2.12. The highest BCUT2D eigenvalue weighted by Gasteiger charge is 2.24. The molecular weight excluding hydrogens is 320 g/mol. The van der Waals surface area contributed by atoms with Gasteiger partial charge in [-0.1, -0.05) is 13.3 Å². The molecule has 0 amide bonds. The standard InChI is InChI=1S/C12H15BrO4S/c1-3-4-8(2)18(16,17)9-5-6-11(13)10(7-9)12(14)15/h5-8H,3-4H2,1-2H3,(H,14,15). The van der Waals surface area contributed by atoms with E-state index in [1.807, 2.05) is 6.92 Å². The number of sulfone groups is 1. The fourth-order valence-electron chi connectivity index (χ4n) is 1.64. The van der Waals surface area contributed by atoms with E-state index in [0.717, 1.165) is 6.42 Å². The van der Waals surface area contributed by atoms with E-state index in [9.17, 15) is 13.2 Å². The Kier molecular flexibility index (Phi) is 4.92. The lowest BCUT2D eigenvalue weighted by Crippen LogP contribution is -2.18. The van der Waals surface area contributed by atoms with E-state index in [1.54, 1.807) is 6.92 Å². The Bertz CT molecular complexity index is 551. The van der Waals surface area contributed by atoms with Crippen LogP contribution in [0.1, 0.15) is 37.0 Å². The summed E-state index contributed by atoms with van der Waals surface area (Å²) in [5, 5.41) is 8.46. The predicted molar refractivity (Wildman–Crippen MR) is 72.7 cm³/mol. The van der Waals surface area contributed by atoms with Crippen LogP contribution in [0.25, 0.3) is 0 Å². The number of carboxylic acid groups (broad SMARTS) is 1. The fourth-order valence-corrected chi connectivity index (χ4v) is 3.61. The molecule has 0 spiro atoms. The highest BCUT2D eigenvalue weighted by Crippen LogP contribution is 2.25. The van der Waals surface area contributed by atoms with Gasteiger partial charge in [-0.25, -0.2) is 13.2 Å². The molecule has 0 radical (unpaired) electrons. The molecule has 0 fully saturated rings. The van der Waals surface area contributed by atoms with Crippen molar-refractivity contribution in [2.75, 3.05) is 0 Å². The first-order valence-corrected chi connectivity index (χ1v) is 7.91. The zero-order chi connectivity index (χ0) is 13.9. The number of aromatic carboxylic acids is 1. The Morgan fingerprint density at radius 3 is 2.56 bits per heavy atom. The molecule has 0 aliphatic heterocycles. The van der Waals surface area contributed by atoms with Crippen molar-refractivity contribution >= 4 is 31.7 Å². The molecule has 0 aliphatic carbocycles. The first-order chi connectivity index (χ1) is 8.30. The molecule has 0 heterocycles. The number of carboxylic acids is 1. The van der Waals surface area contributed by atoms with Crippen LogP contribution in [0, 0.1) is 0 Å². The minimum atomic E-state index is -3.46. The highest BCUT2D eigenvalue weighted by molar-refractivity contribution is 9.10. The molecule has 0 bridgehead atoms. The van der Waals surface area contributed by atoms with Gasteiger partial charge in [-0.3, -0.25) is 0 Å². The van der Waals surface area contributed by atoms with Gasteiger partial charge in [0.25, 0.3) is 0 Å². The van der Waals surface area contributed by atoms with Crippen molar-refractivity contribution in [3.05, 3.63) is 28.2 Å². The molecule has 1 aromatic carbocycles. The largest absolute Gasteiger partial charge is 0.478 e. The van der Waals surface area contributed by atoms with Crippen LogP contribution in [-0.2, 0) is 9.84 Å². The zero-order valence-corrected chi connectivity index (χ0v) is 12.6. The van der Waals surface area contributed by atoms with Crippen molar-refractivity contribution in [3.63, 3.8) is 0 Å². The van der Waals surface area contributed by atoms with Gasteiger partial charge in [0, 0.05) is 4.47 Å². The third kappa shape index (κ3) is 3.11. The summed E-state index contributed by atoms with van der Waals surface area (Å²) in [6.45, 7) is 3.55. The van der Waals surface area contributed by atoms with Crippen LogP contribution in [0.2, 0.25) is 0 Å². The summed E-state index contributed by atoms with van der Waals surface area (Å²) in [5.74, 6) is -1.15. The first kappa shape index (κ1) is 15.2. The SMILES string of the molecule is CCCC(C)S(=O)(=O)c1ccc(Br)c(C(=O)O)c1. The maximum atomic E-state index is 12.2. The molecule has 6 heteroatoms. The van der Waals surface area contributed by atoms with E-state index in [1.165, 1.54) is 18.2 Å². The minimum absolute atomic E-state index is 0.0419. The van der Waals surface area contributed by atoms with Gasteiger partial charge in [0.05, 0.1) is 15.7 Å². The van der Waals surface area contributed by atoms with Crippen LogP contribution < -0.4 is 0 Å². The summed E-state index contributed by atoms with van der Waals surface area (Å²) >= 11 is 3.09. The van der Waals surface area contributed by atoms with Crippen molar-refractivity contribution in [2.45, 2.75) is 36.8 Å². The van der Waals surface area contributed by atoms with Crippen LogP contribution in [0.5, 0.6) is 0 Å². The van der Waals surface area contributed by atoms with Gasteiger partial charge < -0.3 is 5.11 Å². The number of rotatable bonds is 5. The van der Waals surface area contributed by atoms with Gasteiger partial charge in [-0.15, -0.1) is 0 Å². The Labute approximate surface area is 115 Å². The summed E-state index contributed by atoms with van der Waals surface area (Å²) in [6, 6.07) is 4.08. The normalized spacial score (nSPS) is 13.3. The third-order valence-electron chi connectivity index (χ3n) is 2.72. The Morgan fingerprint density at radius 1 is 1.44 bits per heavy atom. The van der Waals surface area contributed by atoms with Crippen LogP contribution >= 0.6 is 15.9 Å². The molecule has 1 N–H and O–H groups in total. The summed E-state index contributed by atoms with van der Waals surface area (Å²) in [4.78, 5) is 11.0. The van der Waals surface area contributed by atoms with E-state index in [-0.39, 0.29) is 10.5 Å². The monoisotopic (exact) mass is 334 g/mol. The van der Waals surface area contributed by atoms with Gasteiger partial charge in [-0.05, 0) is 47.5 Å². The molecule has 0 saturated heterocycles. The van der Waals surface area contributed by atoms with E-state index < -0.39 is 21.1 Å². The lowest BCUT2D eigenvalue weighted by molar-refractivity contribution is 0.0695. The lowest BCUT2D eigenvalue weighted by atomic mass is 10.2. The molecule has 1 rings (SSSR count). The molecule has 0 aliphatic rings. The molecular formula is C12H15BrO4S. The van der Waals surface area contributed by atoms with Gasteiger partial charge in [-0.2, -0.15) is 0 Å². The number of halogens is 1. The van der Waals surface area contributed by atoms with Gasteiger partial charge in [0.2, 0.25) is 0 Å². The highest BCUT2D eigenvalue weighted by atomic mass is 79.9. The molecule has 4 nitrogen and oxygen atoms in total. The fraction of sp³-hybridized carbons (Fsp3) is 0.417. The van der Waals surface area contributed by atoms with Crippen molar-refractivity contribution in [1.29, 1.82) is 0 Å². The van der Waals surface area contributed by atoms with Crippen molar-refractivity contribution in [1.82, 2.24) is 0 Å². The van der Waals surface area contributed by atoms with Crippen LogP contribution in [0.4, 0.5) is 0 Å². The topological polar surface area (TPSA) is 71.4 Å². The zero-order valence-electron chi connectivity index (χ0n) is 10.2. The number of carbonyl (C=O) groups is 1. The number of hydrogen-bond donors (Lipinski definition) is 1. The average Bonchev–Trinajstić information content (AvgIpc) is 2.29. The molecule has 0 saturated carbocycles. The van der Waals surface area contributed by atoms with Crippen LogP contribution in [0.15, 0.2) is 27.6 Å². The smallest absolute Gasteiger partial charge is 0.336 e. The number of hydrogen-bond acceptors (Lipinski definition) is 3. The summed E-state index contributed by atoms with van der Waals surface area (Å²) in [7, 11) is -3.46. The van der Waals surface area contributed by atoms with Crippen molar-refractivity contribution in [3.8, 4) is 0 Å². The Balaban J connectivity index is 3.26. The summed E-state index contributed by atoms with van der Waals surface area (Å²) in [5.41, 5.74) is -0.0419. The first-order valence-electron chi connectivity index (χ1n) is 5.57.